The molecular formula is C15H11I4NNaO4+. The molecule has 128 valence electrons. The number of aromatic hydroxyl groups is 1. The van der Waals surface area contributed by atoms with Crippen molar-refractivity contribution in [3.63, 3.8) is 0 Å². The van der Waals surface area contributed by atoms with E-state index in [0.29, 0.717) is 18.6 Å². The van der Waals surface area contributed by atoms with Crippen molar-refractivity contribution in [3.05, 3.63) is 44.1 Å². The van der Waals surface area contributed by atoms with Crippen molar-refractivity contribution in [1.82, 2.24) is 0 Å². The second-order valence-electron chi connectivity index (χ2n) is 4.88. The number of halogens is 4. The summed E-state index contributed by atoms with van der Waals surface area (Å²) < 4.78 is 9.14. The Hall–Kier alpha value is 1.39. The normalized spacial score (nSPS) is 11.6. The number of ether oxygens (including phenoxy) is 1. The number of nitrogens with two attached hydrogens (primary N) is 1. The van der Waals surface area contributed by atoms with Crippen molar-refractivity contribution >= 4 is 96.3 Å². The number of carbonyl (C=O) groups is 1. The zero-order chi connectivity index (χ0) is 18.0. The van der Waals surface area contributed by atoms with Crippen molar-refractivity contribution in [2.24, 2.45) is 5.73 Å². The summed E-state index contributed by atoms with van der Waals surface area (Å²) in [5, 5.41) is 18.8. The molecule has 0 saturated heterocycles. The maximum atomic E-state index is 10.9. The average Bonchev–Trinajstić information content (AvgIpc) is 2.48. The first-order valence-electron chi connectivity index (χ1n) is 6.51. The van der Waals surface area contributed by atoms with Crippen molar-refractivity contribution < 1.29 is 49.3 Å². The van der Waals surface area contributed by atoms with Crippen LogP contribution in [0.25, 0.3) is 0 Å². The monoisotopic (exact) mass is 800 g/mol. The first kappa shape index (κ1) is 24.4. The number of carboxylic acid groups (broad SMARTS) is 1. The molecule has 0 unspecified atom stereocenters. The van der Waals surface area contributed by atoms with E-state index in [1.807, 2.05) is 12.1 Å². The molecule has 10 heteroatoms. The van der Waals surface area contributed by atoms with Crippen LogP contribution in [-0.2, 0) is 11.2 Å². The van der Waals surface area contributed by atoms with Gasteiger partial charge in [0.1, 0.15) is 17.5 Å². The molecule has 5 nitrogen and oxygen atoms in total. The van der Waals surface area contributed by atoms with Gasteiger partial charge < -0.3 is 20.7 Å². The Labute approximate surface area is 221 Å². The van der Waals surface area contributed by atoms with Crippen LogP contribution in [0.2, 0.25) is 0 Å². The Balaban J connectivity index is 0.00000312. The zero-order valence-corrected chi connectivity index (χ0v) is 23.5. The van der Waals surface area contributed by atoms with E-state index in [-0.39, 0.29) is 41.7 Å². The summed E-state index contributed by atoms with van der Waals surface area (Å²) in [6.45, 7) is 0. The fourth-order valence-corrected chi connectivity index (χ4v) is 5.72. The zero-order valence-electron chi connectivity index (χ0n) is 12.9. The van der Waals surface area contributed by atoms with E-state index in [2.05, 4.69) is 90.4 Å². The molecule has 0 aliphatic carbocycles. The van der Waals surface area contributed by atoms with Crippen LogP contribution in [-0.4, -0.2) is 22.2 Å². The van der Waals surface area contributed by atoms with Gasteiger partial charge in [-0.3, -0.25) is 4.79 Å². The van der Waals surface area contributed by atoms with Gasteiger partial charge in [-0.2, -0.15) is 0 Å². The van der Waals surface area contributed by atoms with Gasteiger partial charge >= 0.3 is 35.5 Å². The largest absolute Gasteiger partial charge is 1.00 e. The van der Waals surface area contributed by atoms with E-state index in [4.69, 9.17) is 15.6 Å². The molecule has 2 rings (SSSR count). The molecule has 0 aliphatic heterocycles. The maximum absolute atomic E-state index is 10.9. The quantitative estimate of drug-likeness (QED) is 0.316. The van der Waals surface area contributed by atoms with Gasteiger partial charge in [-0.05, 0) is 127 Å². The van der Waals surface area contributed by atoms with Crippen LogP contribution in [0.15, 0.2) is 24.3 Å². The van der Waals surface area contributed by atoms with Gasteiger partial charge in [-0.25, -0.2) is 0 Å². The van der Waals surface area contributed by atoms with Crippen LogP contribution in [0, 0.1) is 14.3 Å². The minimum absolute atomic E-state index is 0. The van der Waals surface area contributed by atoms with E-state index in [9.17, 15) is 9.90 Å². The predicted octanol–water partition coefficient (Wildman–Crippen LogP) is 1.56. The predicted molar refractivity (Wildman–Crippen MR) is 125 cm³/mol. The summed E-state index contributed by atoms with van der Waals surface area (Å²) in [6.07, 6.45) is 0.261. The molecule has 0 aromatic heterocycles. The van der Waals surface area contributed by atoms with Gasteiger partial charge in [0, 0.05) is 0 Å². The number of phenolic OH excluding ortho intramolecular Hbond substituents is 1. The van der Waals surface area contributed by atoms with Gasteiger partial charge in [0.25, 0.3) is 0 Å². The van der Waals surface area contributed by atoms with E-state index in [1.54, 1.807) is 12.1 Å². The Morgan fingerprint density at radius 1 is 1.04 bits per heavy atom. The number of aliphatic carboxylic acids is 1. The van der Waals surface area contributed by atoms with E-state index >= 15 is 0 Å². The molecule has 0 radical (unpaired) electrons. The summed E-state index contributed by atoms with van der Waals surface area (Å²) in [6, 6.07) is 6.34. The first-order valence-corrected chi connectivity index (χ1v) is 10.8. The van der Waals surface area contributed by atoms with Crippen molar-refractivity contribution in [2.45, 2.75) is 12.5 Å². The third-order valence-electron chi connectivity index (χ3n) is 3.04. The van der Waals surface area contributed by atoms with Gasteiger partial charge in [0.05, 0.1) is 14.3 Å². The third-order valence-corrected chi connectivity index (χ3v) is 6.29. The van der Waals surface area contributed by atoms with Crippen molar-refractivity contribution in [2.75, 3.05) is 0 Å². The van der Waals surface area contributed by atoms with Gasteiger partial charge in [-0.15, -0.1) is 0 Å². The average molecular weight is 800 g/mol. The molecular weight excluding hydrogens is 789 g/mol. The number of carboxylic acids is 1. The summed E-state index contributed by atoms with van der Waals surface area (Å²) in [5.74, 6) is 0.549. The van der Waals surface area contributed by atoms with Crippen LogP contribution in [0.3, 0.4) is 0 Å². The summed E-state index contributed by atoms with van der Waals surface area (Å²) >= 11 is 8.42. The Morgan fingerprint density at radius 3 is 1.96 bits per heavy atom. The maximum Gasteiger partial charge on any atom is 1.00 e. The van der Waals surface area contributed by atoms with Crippen LogP contribution in [0.1, 0.15) is 5.56 Å². The number of benzene rings is 2. The molecule has 4 N–H and O–H groups in total. The minimum atomic E-state index is -1.02. The molecule has 0 fully saturated rings. The molecule has 0 amide bonds. The number of phenols is 1. The van der Waals surface area contributed by atoms with E-state index in [0.717, 1.165) is 12.7 Å². The molecule has 1 atom stereocenters. The van der Waals surface area contributed by atoms with Crippen LogP contribution in [0.5, 0.6) is 17.2 Å². The standard InChI is InChI=1S/C15H11I4NO4.Na/c16-8-4-7(5-9(17)13(8)21)24-14-10(18)1-6(2-11(14)19)3-12(20)15(22)23;/h1-2,4-5,12,21H,3,20H2,(H,22,23);/q;+1/t12-;/m1./s1. The second kappa shape index (κ2) is 10.8. The topological polar surface area (TPSA) is 92.8 Å². The second-order valence-corrected chi connectivity index (χ2v) is 9.52. The molecule has 2 aromatic carbocycles. The van der Waals surface area contributed by atoms with Gasteiger partial charge in [0.15, 0.2) is 5.75 Å². The van der Waals surface area contributed by atoms with E-state index < -0.39 is 12.0 Å². The molecule has 0 heterocycles. The fraction of sp³-hybridized carbons (Fsp3) is 0.133. The van der Waals surface area contributed by atoms with E-state index in [1.165, 1.54) is 0 Å². The smallest absolute Gasteiger partial charge is 0.506 e. The third kappa shape index (κ3) is 6.74. The van der Waals surface area contributed by atoms with Crippen molar-refractivity contribution in [3.8, 4) is 17.2 Å². The summed E-state index contributed by atoms with van der Waals surface area (Å²) in [4.78, 5) is 10.9. The molecule has 0 bridgehead atoms. The number of hydrogen-bond donors (Lipinski definition) is 3. The van der Waals surface area contributed by atoms with Gasteiger partial charge in [-0.1, -0.05) is 0 Å². The van der Waals surface area contributed by atoms with Crippen LogP contribution in [0.4, 0.5) is 0 Å². The fourth-order valence-electron chi connectivity index (χ4n) is 1.89. The Bertz CT molecular complexity index is 757. The van der Waals surface area contributed by atoms with Gasteiger partial charge in [0.2, 0.25) is 0 Å². The SMILES string of the molecule is N[C@H](Cc1cc(I)c(Oc2cc(I)c(O)c(I)c2)c(I)c1)C(=O)O.[Na+]. The Kier molecular flexibility index (Phi) is 10.6. The number of hydrogen-bond acceptors (Lipinski definition) is 4. The molecule has 2 aromatic rings. The Morgan fingerprint density at radius 2 is 1.52 bits per heavy atom. The molecule has 0 spiro atoms. The van der Waals surface area contributed by atoms with Crippen molar-refractivity contribution in [1.29, 1.82) is 0 Å². The van der Waals surface area contributed by atoms with Crippen LogP contribution < -0.4 is 40.0 Å². The summed E-state index contributed by atoms with van der Waals surface area (Å²) in [7, 11) is 0. The molecule has 25 heavy (non-hydrogen) atoms. The molecule has 0 aliphatic rings. The minimum Gasteiger partial charge on any atom is -0.506 e. The first-order chi connectivity index (χ1) is 11.2. The van der Waals surface area contributed by atoms with Crippen LogP contribution >= 0.6 is 90.4 Å². The molecule has 0 saturated carbocycles. The summed E-state index contributed by atoms with van der Waals surface area (Å²) in [5.41, 5.74) is 6.44. The number of rotatable bonds is 5.